The van der Waals surface area contributed by atoms with Crippen molar-refractivity contribution in [3.05, 3.63) is 35.4 Å². The summed E-state index contributed by atoms with van der Waals surface area (Å²) in [5.74, 6) is 0.137. The number of hydrogen-bond acceptors (Lipinski definition) is 3. The zero-order valence-electron chi connectivity index (χ0n) is 16.4. The zero-order valence-corrected chi connectivity index (χ0v) is 17.2. The highest BCUT2D eigenvalue weighted by Gasteiger charge is 2.28. The summed E-state index contributed by atoms with van der Waals surface area (Å²) < 4.78 is 26.1. The van der Waals surface area contributed by atoms with Crippen molar-refractivity contribution in [3.8, 4) is 0 Å². The second-order valence-corrected chi connectivity index (χ2v) is 10.2. The number of amides is 1. The first-order valence-corrected chi connectivity index (χ1v) is 11.1. The van der Waals surface area contributed by atoms with Gasteiger partial charge in [-0.25, -0.2) is 12.7 Å². The van der Waals surface area contributed by atoms with E-state index in [0.717, 1.165) is 6.42 Å². The smallest absolute Gasteiger partial charge is 0.251 e. The number of piperidine rings is 1. The summed E-state index contributed by atoms with van der Waals surface area (Å²) in [4.78, 5) is 12.5. The Labute approximate surface area is 158 Å². The molecule has 0 aromatic heterocycles. The third-order valence-corrected chi connectivity index (χ3v) is 6.91. The Bertz CT molecular complexity index is 698. The molecule has 1 aliphatic rings. The van der Waals surface area contributed by atoms with Gasteiger partial charge >= 0.3 is 0 Å². The number of carbonyl (C=O) groups excluding carboxylic acids is 1. The van der Waals surface area contributed by atoms with Crippen molar-refractivity contribution in [2.75, 3.05) is 18.8 Å². The molecule has 1 heterocycles. The molecule has 0 atom stereocenters. The molecular weight excluding hydrogens is 348 g/mol. The first kappa shape index (κ1) is 20.9. The van der Waals surface area contributed by atoms with Crippen molar-refractivity contribution in [1.82, 2.24) is 9.62 Å². The molecule has 1 N–H and O–H groups in total. The van der Waals surface area contributed by atoms with Gasteiger partial charge in [0, 0.05) is 24.7 Å². The van der Waals surface area contributed by atoms with Crippen LogP contribution < -0.4 is 5.32 Å². The van der Waals surface area contributed by atoms with Crippen LogP contribution in [0.3, 0.4) is 0 Å². The fourth-order valence-corrected chi connectivity index (χ4v) is 4.80. The number of carbonyl (C=O) groups is 1. The van der Waals surface area contributed by atoms with Crippen LogP contribution in [0.15, 0.2) is 24.3 Å². The summed E-state index contributed by atoms with van der Waals surface area (Å²) in [6, 6.07) is 7.75. The third-order valence-electron chi connectivity index (χ3n) is 4.95. The van der Waals surface area contributed by atoms with Crippen molar-refractivity contribution >= 4 is 15.9 Å². The van der Waals surface area contributed by atoms with Gasteiger partial charge in [0.15, 0.2) is 0 Å². The monoisotopic (exact) mass is 380 g/mol. The van der Waals surface area contributed by atoms with E-state index in [1.54, 1.807) is 4.31 Å². The Hall–Kier alpha value is -1.40. The fourth-order valence-electron chi connectivity index (χ4n) is 3.12. The number of hydrogen-bond donors (Lipinski definition) is 1. The maximum absolute atomic E-state index is 12.5. The van der Waals surface area contributed by atoms with Gasteiger partial charge in [0.2, 0.25) is 10.0 Å². The Morgan fingerprint density at radius 3 is 2.23 bits per heavy atom. The van der Waals surface area contributed by atoms with E-state index in [1.807, 2.05) is 31.2 Å². The standard InChI is InChI=1S/C20H32N2O3S/c1-5-6-15-26(24,25)22-13-11-18(12-14-22)21-19(23)16-7-9-17(10-8-16)20(2,3)4/h7-10,18H,5-6,11-15H2,1-4H3,(H,21,23). The van der Waals surface area contributed by atoms with Gasteiger partial charge < -0.3 is 5.32 Å². The largest absolute Gasteiger partial charge is 0.349 e. The van der Waals surface area contributed by atoms with E-state index < -0.39 is 10.0 Å². The lowest BCUT2D eigenvalue weighted by atomic mass is 9.86. The molecule has 0 spiro atoms. The van der Waals surface area contributed by atoms with E-state index in [4.69, 9.17) is 0 Å². The van der Waals surface area contributed by atoms with Crippen LogP contribution in [0.4, 0.5) is 0 Å². The molecule has 0 unspecified atom stereocenters. The van der Waals surface area contributed by atoms with Crippen molar-refractivity contribution in [2.45, 2.75) is 64.8 Å². The lowest BCUT2D eigenvalue weighted by Crippen LogP contribution is -2.47. The lowest BCUT2D eigenvalue weighted by molar-refractivity contribution is 0.0924. The molecule has 0 saturated carbocycles. The second kappa shape index (κ2) is 8.53. The fraction of sp³-hybridized carbons (Fsp3) is 0.650. The number of benzene rings is 1. The van der Waals surface area contributed by atoms with Crippen LogP contribution in [-0.2, 0) is 15.4 Å². The summed E-state index contributed by atoms with van der Waals surface area (Å²) in [5.41, 5.74) is 1.90. The molecule has 0 radical (unpaired) electrons. The van der Waals surface area contributed by atoms with Crippen LogP contribution in [0.1, 0.15) is 69.3 Å². The molecule has 146 valence electrons. The van der Waals surface area contributed by atoms with Gasteiger partial charge in [-0.15, -0.1) is 0 Å². The maximum Gasteiger partial charge on any atom is 0.251 e. The van der Waals surface area contributed by atoms with Gasteiger partial charge in [-0.1, -0.05) is 46.2 Å². The Kier molecular flexibility index (Phi) is 6.86. The summed E-state index contributed by atoms with van der Waals surface area (Å²) >= 11 is 0. The second-order valence-electron chi connectivity index (χ2n) is 8.14. The van der Waals surface area contributed by atoms with E-state index in [1.165, 1.54) is 5.56 Å². The number of nitrogens with one attached hydrogen (secondary N) is 1. The van der Waals surface area contributed by atoms with Crippen LogP contribution in [-0.4, -0.2) is 43.5 Å². The van der Waals surface area contributed by atoms with Crippen molar-refractivity contribution < 1.29 is 13.2 Å². The minimum absolute atomic E-state index is 0.0300. The van der Waals surface area contributed by atoms with E-state index in [0.29, 0.717) is 37.9 Å². The van der Waals surface area contributed by atoms with E-state index in [-0.39, 0.29) is 23.1 Å². The van der Waals surface area contributed by atoms with Gasteiger partial charge in [-0.2, -0.15) is 0 Å². The van der Waals surface area contributed by atoms with Gasteiger partial charge in [0.25, 0.3) is 5.91 Å². The molecule has 1 aliphatic heterocycles. The van der Waals surface area contributed by atoms with Crippen LogP contribution in [0.2, 0.25) is 0 Å². The SMILES string of the molecule is CCCCS(=O)(=O)N1CCC(NC(=O)c2ccc(C(C)(C)C)cc2)CC1. The molecule has 2 rings (SSSR count). The normalized spacial score (nSPS) is 17.2. The molecule has 1 aromatic carbocycles. The van der Waals surface area contributed by atoms with Crippen LogP contribution in [0.25, 0.3) is 0 Å². The molecule has 5 nitrogen and oxygen atoms in total. The van der Waals surface area contributed by atoms with Crippen LogP contribution in [0, 0.1) is 0 Å². The summed E-state index contributed by atoms with van der Waals surface area (Å²) in [5, 5.41) is 3.05. The number of nitrogens with zero attached hydrogens (tertiary/aromatic N) is 1. The molecule has 26 heavy (non-hydrogen) atoms. The topological polar surface area (TPSA) is 66.5 Å². The predicted molar refractivity (Wildman–Crippen MR) is 106 cm³/mol. The quantitative estimate of drug-likeness (QED) is 0.823. The lowest BCUT2D eigenvalue weighted by Gasteiger charge is -2.31. The Balaban J connectivity index is 1.88. The Morgan fingerprint density at radius 2 is 1.73 bits per heavy atom. The van der Waals surface area contributed by atoms with E-state index in [9.17, 15) is 13.2 Å². The average Bonchev–Trinajstić information content (AvgIpc) is 2.60. The molecule has 6 heteroatoms. The molecule has 1 amide bonds. The highest BCUT2D eigenvalue weighted by molar-refractivity contribution is 7.89. The maximum atomic E-state index is 12.5. The van der Waals surface area contributed by atoms with Gasteiger partial charge in [0.1, 0.15) is 0 Å². The molecular formula is C20H32N2O3S. The highest BCUT2D eigenvalue weighted by atomic mass is 32.2. The predicted octanol–water partition coefficient (Wildman–Crippen LogP) is 3.31. The number of unbranched alkanes of at least 4 members (excludes halogenated alkanes) is 1. The van der Waals surface area contributed by atoms with Gasteiger partial charge in [0.05, 0.1) is 5.75 Å². The number of sulfonamides is 1. The summed E-state index contributed by atoms with van der Waals surface area (Å²) in [6.45, 7) is 9.39. The van der Waals surface area contributed by atoms with Crippen LogP contribution in [0.5, 0.6) is 0 Å². The summed E-state index contributed by atoms with van der Waals surface area (Å²) in [6.07, 6.45) is 2.90. The molecule has 0 aliphatic carbocycles. The van der Waals surface area contributed by atoms with E-state index in [2.05, 4.69) is 26.1 Å². The average molecular weight is 381 g/mol. The first-order valence-electron chi connectivity index (χ1n) is 9.52. The molecule has 1 aromatic rings. The van der Waals surface area contributed by atoms with Gasteiger partial charge in [-0.05, 0) is 42.4 Å². The summed E-state index contributed by atoms with van der Waals surface area (Å²) in [7, 11) is -3.15. The van der Waals surface area contributed by atoms with Crippen molar-refractivity contribution in [3.63, 3.8) is 0 Å². The molecule has 1 saturated heterocycles. The minimum atomic E-state index is -3.15. The Morgan fingerprint density at radius 1 is 1.15 bits per heavy atom. The molecule has 1 fully saturated rings. The zero-order chi connectivity index (χ0) is 19.4. The van der Waals surface area contributed by atoms with Gasteiger partial charge in [-0.3, -0.25) is 4.79 Å². The highest BCUT2D eigenvalue weighted by Crippen LogP contribution is 2.22. The van der Waals surface area contributed by atoms with Crippen molar-refractivity contribution in [2.24, 2.45) is 0 Å². The minimum Gasteiger partial charge on any atom is -0.349 e. The van der Waals surface area contributed by atoms with E-state index >= 15 is 0 Å². The molecule has 0 bridgehead atoms. The van der Waals surface area contributed by atoms with Crippen molar-refractivity contribution in [1.29, 1.82) is 0 Å². The third kappa shape index (κ3) is 5.55. The first-order chi connectivity index (χ1) is 12.1. The number of rotatable bonds is 6. The van der Waals surface area contributed by atoms with Crippen LogP contribution >= 0.6 is 0 Å².